The van der Waals surface area contributed by atoms with Crippen molar-refractivity contribution in [2.45, 2.75) is 179 Å². The van der Waals surface area contributed by atoms with Crippen LogP contribution in [0.5, 0.6) is 0 Å². The highest BCUT2D eigenvalue weighted by Gasteiger charge is 2.58. The first-order valence-corrected chi connectivity index (χ1v) is 21.6. The number of hydrogen-bond acceptors (Lipinski definition) is 6. The van der Waals surface area contributed by atoms with E-state index in [-0.39, 0.29) is 47.3 Å². The van der Waals surface area contributed by atoms with E-state index in [4.69, 9.17) is 5.73 Å². The number of fused-ring (bicyclic) bond motifs is 1. The number of rotatable bonds is 12. The first-order valence-electron chi connectivity index (χ1n) is 20.0. The zero-order valence-electron chi connectivity index (χ0n) is 32.3. The van der Waals surface area contributed by atoms with Crippen LogP contribution in [0.2, 0.25) is 0 Å². The van der Waals surface area contributed by atoms with Gasteiger partial charge in [-0.2, -0.15) is 0 Å². The van der Waals surface area contributed by atoms with E-state index in [1.807, 2.05) is 0 Å². The Hall–Kier alpha value is -2.37. The quantitative estimate of drug-likeness (QED) is 0.211. The smallest absolute Gasteiger partial charge is 0.315 e. The molecule has 1 heterocycles. The van der Waals surface area contributed by atoms with Gasteiger partial charge in [0.25, 0.3) is 0 Å². The molecule has 5 aliphatic rings. The summed E-state index contributed by atoms with van der Waals surface area (Å²) in [6.07, 6.45) is 14.1. The first-order chi connectivity index (χ1) is 23.8. The van der Waals surface area contributed by atoms with Gasteiger partial charge in [0.1, 0.15) is 12.1 Å². The number of nitrogens with one attached hydrogen (secondary N) is 3. The number of sulfone groups is 1. The molecule has 0 bridgehead atoms. The molecule has 5 amide bonds. The van der Waals surface area contributed by atoms with E-state index in [0.717, 1.165) is 83.5 Å². The molecule has 51 heavy (non-hydrogen) atoms. The fraction of sp³-hybridized carbons (Fsp3) is 0.897. The molecule has 1 aliphatic heterocycles. The molecule has 5 N–H and O–H groups in total. The molecule has 1 saturated heterocycles. The van der Waals surface area contributed by atoms with Gasteiger partial charge in [0.05, 0.1) is 16.0 Å². The van der Waals surface area contributed by atoms with Crippen molar-refractivity contribution in [2.24, 2.45) is 34.3 Å². The lowest BCUT2D eigenvalue weighted by molar-refractivity contribution is -0.144. The number of hydrogen-bond donors (Lipinski definition) is 4. The molecule has 0 aromatic heterocycles. The molecule has 5 fully saturated rings. The van der Waals surface area contributed by atoms with Crippen LogP contribution in [0, 0.1) is 28.6 Å². The summed E-state index contributed by atoms with van der Waals surface area (Å²) < 4.78 is 26.0. The minimum absolute atomic E-state index is 0.0244. The van der Waals surface area contributed by atoms with Crippen LogP contribution in [0.25, 0.3) is 0 Å². The molecule has 5 atom stereocenters. The number of nitrogens with zero attached hydrogens (tertiary/aromatic N) is 1. The normalized spacial score (nSPS) is 28.5. The van der Waals surface area contributed by atoms with E-state index in [9.17, 15) is 22.8 Å². The monoisotopic (exact) mass is 733 g/mol. The summed E-state index contributed by atoms with van der Waals surface area (Å²) >= 11 is 0. The summed E-state index contributed by atoms with van der Waals surface area (Å²) in [6.45, 7) is 12.0. The SMILES string of the molecule is CC1(C)CC[C@@H]2[C@@H](C(=O)NC(CC(N)=O)CC3CCC3)N(C(=O)[C@@H](NC(=O)NC3(CS(=O)(=O)C(C)(C)C)CCCCC3)C3(C)CCCCC3)C[C@@H]21. The van der Waals surface area contributed by atoms with Gasteiger partial charge in [0.15, 0.2) is 9.84 Å². The van der Waals surface area contributed by atoms with Crippen LogP contribution < -0.4 is 21.7 Å². The molecule has 1 unspecified atom stereocenters. The molecule has 4 saturated carbocycles. The van der Waals surface area contributed by atoms with Crippen LogP contribution >= 0.6 is 0 Å². The number of primary amides is 1. The van der Waals surface area contributed by atoms with Crippen LogP contribution in [-0.2, 0) is 24.2 Å². The zero-order chi connectivity index (χ0) is 37.4. The summed E-state index contributed by atoms with van der Waals surface area (Å²) in [4.78, 5) is 57.5. The highest BCUT2D eigenvalue weighted by molar-refractivity contribution is 7.92. The molecule has 4 aliphatic carbocycles. The number of likely N-dealkylation sites (tertiary alicyclic amines) is 1. The largest absolute Gasteiger partial charge is 0.370 e. The minimum atomic E-state index is -3.54. The summed E-state index contributed by atoms with van der Waals surface area (Å²) in [5, 5.41) is 9.44. The van der Waals surface area contributed by atoms with Crippen molar-refractivity contribution in [3.05, 3.63) is 0 Å². The second-order valence-electron chi connectivity index (χ2n) is 19.1. The third-order valence-corrected chi connectivity index (χ3v) is 16.6. The Balaban J connectivity index is 1.43. The van der Waals surface area contributed by atoms with Gasteiger partial charge in [-0.1, -0.05) is 78.6 Å². The number of carbonyl (C=O) groups is 4. The fourth-order valence-electron chi connectivity index (χ4n) is 10.1. The standard InChI is InChI=1S/C39H67N5O6S/c1-36(2,3)51(49,50)25-39(19-11-8-12-20-39)43-35(48)42-32(38(6)17-9-7-10-18-38)34(47)44-24-29-28(16-21-37(29,4)5)31(44)33(46)41-27(23-30(40)45)22-26-14-13-15-26/h26-29,31-32H,7-25H2,1-6H3,(H2,40,45)(H,41,46)(H2,42,43,48)/t27?,28-,29-,31-,32+/m0/s1. The van der Waals surface area contributed by atoms with E-state index >= 15 is 4.79 Å². The minimum Gasteiger partial charge on any atom is -0.370 e. The zero-order valence-corrected chi connectivity index (χ0v) is 33.1. The fourth-order valence-corrected chi connectivity index (χ4v) is 11.6. The Morgan fingerprint density at radius 1 is 0.843 bits per heavy atom. The van der Waals surface area contributed by atoms with Crippen LogP contribution in [0.4, 0.5) is 4.79 Å². The second-order valence-corrected chi connectivity index (χ2v) is 21.8. The van der Waals surface area contributed by atoms with E-state index in [0.29, 0.717) is 31.7 Å². The van der Waals surface area contributed by atoms with E-state index < -0.39 is 49.6 Å². The predicted octanol–water partition coefficient (Wildman–Crippen LogP) is 5.35. The van der Waals surface area contributed by atoms with Crippen molar-refractivity contribution in [3.63, 3.8) is 0 Å². The lowest BCUT2D eigenvalue weighted by Gasteiger charge is -2.44. The van der Waals surface area contributed by atoms with Crippen LogP contribution in [0.15, 0.2) is 0 Å². The van der Waals surface area contributed by atoms with Gasteiger partial charge in [-0.3, -0.25) is 14.4 Å². The van der Waals surface area contributed by atoms with Gasteiger partial charge in [-0.15, -0.1) is 0 Å². The Morgan fingerprint density at radius 3 is 2.00 bits per heavy atom. The van der Waals surface area contributed by atoms with Gasteiger partial charge in [0, 0.05) is 19.0 Å². The molecule has 0 aromatic rings. The van der Waals surface area contributed by atoms with Crippen LogP contribution in [-0.4, -0.2) is 77.8 Å². The molecular formula is C39H67N5O6S. The van der Waals surface area contributed by atoms with E-state index in [2.05, 4.69) is 36.7 Å². The van der Waals surface area contributed by atoms with Crippen molar-refractivity contribution < 1.29 is 27.6 Å². The van der Waals surface area contributed by atoms with Gasteiger partial charge in [0.2, 0.25) is 17.7 Å². The third kappa shape index (κ3) is 8.89. The maximum atomic E-state index is 15.1. The van der Waals surface area contributed by atoms with E-state index in [1.165, 1.54) is 0 Å². The Bertz CT molecular complexity index is 1410. The average molecular weight is 734 g/mol. The maximum Gasteiger partial charge on any atom is 0.315 e. The lowest BCUT2D eigenvalue weighted by atomic mass is 9.70. The molecule has 0 aromatic carbocycles. The number of amides is 5. The number of urea groups is 1. The third-order valence-electron chi connectivity index (χ3n) is 13.8. The maximum absolute atomic E-state index is 15.1. The van der Waals surface area contributed by atoms with Crippen LogP contribution in [0.3, 0.4) is 0 Å². The van der Waals surface area contributed by atoms with Gasteiger partial charge >= 0.3 is 6.03 Å². The van der Waals surface area contributed by atoms with Crippen LogP contribution in [0.1, 0.15) is 151 Å². The van der Waals surface area contributed by atoms with Crippen molar-refractivity contribution in [3.8, 4) is 0 Å². The predicted molar refractivity (Wildman–Crippen MR) is 199 cm³/mol. The summed E-state index contributed by atoms with van der Waals surface area (Å²) in [6, 6.07) is -2.49. The summed E-state index contributed by atoms with van der Waals surface area (Å²) in [5.41, 5.74) is 4.13. The Kier molecular flexibility index (Phi) is 11.8. The summed E-state index contributed by atoms with van der Waals surface area (Å²) in [5.74, 6) is -0.519. The van der Waals surface area contributed by atoms with Gasteiger partial charge in [-0.25, -0.2) is 13.2 Å². The molecule has 0 radical (unpaired) electrons. The number of carbonyl (C=O) groups excluding carboxylic acids is 4. The first kappa shape index (κ1) is 39.8. The highest BCUT2D eigenvalue weighted by atomic mass is 32.2. The Labute approximate surface area is 307 Å². The molecule has 12 heteroatoms. The number of nitrogens with two attached hydrogens (primary N) is 1. The molecule has 290 valence electrons. The van der Waals surface area contributed by atoms with Gasteiger partial charge < -0.3 is 26.6 Å². The van der Waals surface area contributed by atoms with Gasteiger partial charge in [-0.05, 0) is 94.3 Å². The Morgan fingerprint density at radius 2 is 1.45 bits per heavy atom. The highest BCUT2D eigenvalue weighted by Crippen LogP contribution is 2.53. The molecular weight excluding hydrogens is 667 g/mol. The molecule has 11 nitrogen and oxygen atoms in total. The topological polar surface area (TPSA) is 168 Å². The second kappa shape index (κ2) is 15.2. The van der Waals surface area contributed by atoms with Crippen molar-refractivity contribution in [2.75, 3.05) is 12.3 Å². The van der Waals surface area contributed by atoms with Crippen molar-refractivity contribution >= 4 is 33.6 Å². The average Bonchev–Trinajstić information content (AvgIpc) is 3.54. The lowest BCUT2D eigenvalue weighted by Crippen LogP contribution is -2.64. The van der Waals surface area contributed by atoms with Crippen molar-refractivity contribution in [1.82, 2.24) is 20.9 Å². The van der Waals surface area contributed by atoms with E-state index in [1.54, 1.807) is 25.7 Å². The van der Waals surface area contributed by atoms with Crippen molar-refractivity contribution in [1.29, 1.82) is 0 Å². The molecule has 0 spiro atoms. The molecule has 5 rings (SSSR count). The summed E-state index contributed by atoms with van der Waals surface area (Å²) in [7, 11) is -3.54.